The minimum absolute atomic E-state index is 0.549. The van der Waals surface area contributed by atoms with E-state index in [1.54, 1.807) is 7.11 Å². The molecule has 1 heterocycles. The van der Waals surface area contributed by atoms with Crippen molar-refractivity contribution in [2.45, 2.75) is 26.4 Å². The molecule has 0 radical (unpaired) electrons. The first-order valence-corrected chi connectivity index (χ1v) is 9.40. The van der Waals surface area contributed by atoms with Gasteiger partial charge < -0.3 is 14.2 Å². The summed E-state index contributed by atoms with van der Waals surface area (Å²) in [7, 11) is 1.69. The summed E-state index contributed by atoms with van der Waals surface area (Å²) in [4.78, 5) is 2.47. The Morgan fingerprint density at radius 2 is 1.69 bits per heavy atom. The van der Waals surface area contributed by atoms with Crippen LogP contribution in [0.4, 0.5) is 0 Å². The maximum Gasteiger partial charge on any atom is 0.161 e. The molecule has 1 fully saturated rings. The number of rotatable bonds is 8. The highest BCUT2D eigenvalue weighted by Gasteiger charge is 2.10. The standard InChI is InChI=1S/C22H29NO3/c1-18-5-7-20(8-6-18)17-26-22-16-19(9-10-21(22)24-2)4-3-11-23-12-14-25-15-13-23/h5-10,16H,3-4,11-15,17H2,1-2H3. The SMILES string of the molecule is COc1ccc(CCCN2CCOCC2)cc1OCc1ccc(C)cc1. The van der Waals surface area contributed by atoms with Crippen LogP contribution in [-0.4, -0.2) is 44.9 Å². The molecule has 0 bridgehead atoms. The van der Waals surface area contributed by atoms with Crippen LogP contribution in [0.5, 0.6) is 11.5 Å². The predicted molar refractivity (Wildman–Crippen MR) is 104 cm³/mol. The Morgan fingerprint density at radius 3 is 2.42 bits per heavy atom. The predicted octanol–water partition coefficient (Wildman–Crippen LogP) is 3.85. The van der Waals surface area contributed by atoms with E-state index in [0.717, 1.165) is 62.8 Å². The number of methoxy groups -OCH3 is 1. The maximum absolute atomic E-state index is 6.04. The van der Waals surface area contributed by atoms with Crippen molar-refractivity contribution < 1.29 is 14.2 Å². The van der Waals surface area contributed by atoms with Gasteiger partial charge in [0.15, 0.2) is 11.5 Å². The maximum atomic E-state index is 6.04. The van der Waals surface area contributed by atoms with Gasteiger partial charge in [-0.2, -0.15) is 0 Å². The van der Waals surface area contributed by atoms with E-state index in [1.165, 1.54) is 11.1 Å². The molecular weight excluding hydrogens is 326 g/mol. The first kappa shape index (κ1) is 18.7. The molecule has 3 rings (SSSR count). The van der Waals surface area contributed by atoms with Crippen molar-refractivity contribution in [3.05, 3.63) is 59.2 Å². The summed E-state index contributed by atoms with van der Waals surface area (Å²) in [6.07, 6.45) is 2.19. The largest absolute Gasteiger partial charge is 0.493 e. The summed E-state index contributed by atoms with van der Waals surface area (Å²) in [5.41, 5.74) is 3.71. The van der Waals surface area contributed by atoms with Crippen LogP contribution in [0.25, 0.3) is 0 Å². The third kappa shape index (κ3) is 5.48. The van der Waals surface area contributed by atoms with E-state index in [1.807, 2.05) is 6.07 Å². The molecule has 0 N–H and O–H groups in total. The van der Waals surface area contributed by atoms with Crippen LogP contribution in [0.2, 0.25) is 0 Å². The minimum Gasteiger partial charge on any atom is -0.493 e. The highest BCUT2D eigenvalue weighted by atomic mass is 16.5. The number of nitrogens with zero attached hydrogens (tertiary/aromatic N) is 1. The summed E-state index contributed by atoms with van der Waals surface area (Å²) in [5, 5.41) is 0. The lowest BCUT2D eigenvalue weighted by atomic mass is 10.1. The van der Waals surface area contributed by atoms with Crippen LogP contribution in [0.1, 0.15) is 23.1 Å². The number of hydrogen-bond acceptors (Lipinski definition) is 4. The van der Waals surface area contributed by atoms with E-state index in [9.17, 15) is 0 Å². The Balaban J connectivity index is 1.55. The van der Waals surface area contributed by atoms with Crippen molar-refractivity contribution in [3.8, 4) is 11.5 Å². The second kappa shape index (κ2) is 9.60. The molecule has 140 valence electrons. The Labute approximate surface area is 156 Å². The van der Waals surface area contributed by atoms with E-state index in [0.29, 0.717) is 6.61 Å². The van der Waals surface area contributed by atoms with Gasteiger partial charge in [0.25, 0.3) is 0 Å². The van der Waals surface area contributed by atoms with Crippen LogP contribution in [0.3, 0.4) is 0 Å². The Bertz CT molecular complexity index is 678. The van der Waals surface area contributed by atoms with Crippen molar-refractivity contribution in [3.63, 3.8) is 0 Å². The van der Waals surface area contributed by atoms with E-state index < -0.39 is 0 Å². The van der Waals surface area contributed by atoms with Crippen LogP contribution >= 0.6 is 0 Å². The van der Waals surface area contributed by atoms with Gasteiger partial charge in [-0.25, -0.2) is 0 Å². The van der Waals surface area contributed by atoms with Crippen LogP contribution in [0.15, 0.2) is 42.5 Å². The molecule has 1 aliphatic rings. The smallest absolute Gasteiger partial charge is 0.161 e. The summed E-state index contributed by atoms with van der Waals surface area (Å²) < 4.78 is 16.9. The number of aryl methyl sites for hydroxylation is 2. The fourth-order valence-corrected chi connectivity index (χ4v) is 3.17. The molecule has 26 heavy (non-hydrogen) atoms. The molecule has 4 nitrogen and oxygen atoms in total. The number of morpholine rings is 1. The van der Waals surface area contributed by atoms with Crippen molar-refractivity contribution in [1.29, 1.82) is 0 Å². The zero-order chi connectivity index (χ0) is 18.2. The van der Waals surface area contributed by atoms with Gasteiger partial charge in [-0.1, -0.05) is 35.9 Å². The second-order valence-electron chi connectivity index (χ2n) is 6.82. The normalized spacial score (nSPS) is 15.0. The summed E-state index contributed by atoms with van der Waals surface area (Å²) >= 11 is 0. The molecular formula is C22H29NO3. The van der Waals surface area contributed by atoms with Gasteiger partial charge in [0.2, 0.25) is 0 Å². The zero-order valence-corrected chi connectivity index (χ0v) is 15.9. The number of hydrogen-bond donors (Lipinski definition) is 0. The molecule has 0 aliphatic carbocycles. The molecule has 0 amide bonds. The van der Waals surface area contributed by atoms with Gasteiger partial charge in [0.1, 0.15) is 6.61 Å². The van der Waals surface area contributed by atoms with Gasteiger partial charge in [0.05, 0.1) is 20.3 Å². The molecule has 1 aliphatic heterocycles. The monoisotopic (exact) mass is 355 g/mol. The van der Waals surface area contributed by atoms with Gasteiger partial charge in [-0.3, -0.25) is 4.90 Å². The fraction of sp³-hybridized carbons (Fsp3) is 0.455. The van der Waals surface area contributed by atoms with Crippen molar-refractivity contribution in [2.24, 2.45) is 0 Å². The van der Waals surface area contributed by atoms with Crippen LogP contribution in [0, 0.1) is 6.92 Å². The topological polar surface area (TPSA) is 30.9 Å². The first-order valence-electron chi connectivity index (χ1n) is 9.40. The molecule has 2 aromatic rings. The van der Waals surface area contributed by atoms with E-state index in [4.69, 9.17) is 14.2 Å². The molecule has 0 atom stereocenters. The lowest BCUT2D eigenvalue weighted by Crippen LogP contribution is -2.36. The van der Waals surface area contributed by atoms with Crippen molar-refractivity contribution in [2.75, 3.05) is 40.0 Å². The van der Waals surface area contributed by atoms with Crippen molar-refractivity contribution >= 4 is 0 Å². The molecule has 0 unspecified atom stereocenters. The molecule has 0 saturated carbocycles. The van der Waals surface area contributed by atoms with Crippen LogP contribution in [-0.2, 0) is 17.8 Å². The summed E-state index contributed by atoms with van der Waals surface area (Å²) in [6, 6.07) is 14.7. The lowest BCUT2D eigenvalue weighted by molar-refractivity contribution is 0.0374. The first-order chi connectivity index (χ1) is 12.7. The van der Waals surface area contributed by atoms with Gasteiger partial charge in [-0.15, -0.1) is 0 Å². The van der Waals surface area contributed by atoms with E-state index in [-0.39, 0.29) is 0 Å². The molecule has 2 aromatic carbocycles. The van der Waals surface area contributed by atoms with Gasteiger partial charge >= 0.3 is 0 Å². The van der Waals surface area contributed by atoms with Gasteiger partial charge in [0, 0.05) is 13.1 Å². The Kier molecular flexibility index (Phi) is 6.92. The summed E-state index contributed by atoms with van der Waals surface area (Å²) in [6.45, 7) is 7.58. The highest BCUT2D eigenvalue weighted by Crippen LogP contribution is 2.29. The molecule has 4 heteroatoms. The van der Waals surface area contributed by atoms with Crippen LogP contribution < -0.4 is 9.47 Å². The third-order valence-electron chi connectivity index (χ3n) is 4.79. The van der Waals surface area contributed by atoms with Gasteiger partial charge in [-0.05, 0) is 49.6 Å². The average Bonchev–Trinajstić information content (AvgIpc) is 2.68. The zero-order valence-electron chi connectivity index (χ0n) is 15.9. The lowest BCUT2D eigenvalue weighted by Gasteiger charge is -2.26. The fourth-order valence-electron chi connectivity index (χ4n) is 3.17. The molecule has 1 saturated heterocycles. The minimum atomic E-state index is 0.549. The van der Waals surface area contributed by atoms with E-state index in [2.05, 4.69) is 48.2 Å². The Morgan fingerprint density at radius 1 is 0.962 bits per heavy atom. The van der Waals surface area contributed by atoms with E-state index >= 15 is 0 Å². The Hall–Kier alpha value is -2.04. The number of benzene rings is 2. The quantitative estimate of drug-likeness (QED) is 0.720. The summed E-state index contributed by atoms with van der Waals surface area (Å²) in [5.74, 6) is 1.60. The molecule has 0 spiro atoms. The number of ether oxygens (including phenoxy) is 3. The third-order valence-corrected chi connectivity index (χ3v) is 4.79. The van der Waals surface area contributed by atoms with Crippen molar-refractivity contribution in [1.82, 2.24) is 4.90 Å². The average molecular weight is 355 g/mol. The highest BCUT2D eigenvalue weighted by molar-refractivity contribution is 5.43. The second-order valence-corrected chi connectivity index (χ2v) is 6.82. The molecule has 0 aromatic heterocycles.